The number of nitrogens with one attached hydrogen (secondary N) is 1. The topological polar surface area (TPSA) is 34.1 Å². The number of nitrogens with zero attached hydrogens (tertiary/aromatic N) is 1. The Morgan fingerprint density at radius 1 is 1.24 bits per heavy atom. The van der Waals surface area contributed by atoms with E-state index in [0.717, 1.165) is 31.7 Å². The van der Waals surface area contributed by atoms with E-state index in [1.165, 1.54) is 11.1 Å². The Labute approximate surface area is 126 Å². The molecule has 2 atom stereocenters. The molecule has 3 heteroatoms. The second kappa shape index (κ2) is 6.83. The van der Waals surface area contributed by atoms with E-state index in [1.807, 2.05) is 18.3 Å². The number of hydrogen-bond donors (Lipinski definition) is 1. The molecular weight excluding hydrogens is 260 g/mol. The summed E-state index contributed by atoms with van der Waals surface area (Å²) in [6.07, 6.45) is 3.94. The summed E-state index contributed by atoms with van der Waals surface area (Å²) in [5.41, 5.74) is 3.85. The van der Waals surface area contributed by atoms with Gasteiger partial charge in [0.25, 0.3) is 0 Å². The first kappa shape index (κ1) is 14.2. The van der Waals surface area contributed by atoms with Crippen molar-refractivity contribution >= 4 is 0 Å². The molecule has 0 aliphatic carbocycles. The lowest BCUT2D eigenvalue weighted by molar-refractivity contribution is 0.0291. The Balaban J connectivity index is 1.81. The van der Waals surface area contributed by atoms with E-state index in [2.05, 4.69) is 47.6 Å². The van der Waals surface area contributed by atoms with E-state index >= 15 is 0 Å². The molecule has 0 spiro atoms. The molecule has 1 N–H and O–H groups in total. The van der Waals surface area contributed by atoms with Crippen molar-refractivity contribution in [1.82, 2.24) is 10.3 Å². The number of fused-ring (bicyclic) bond motifs is 1. The molecule has 1 aromatic heterocycles. The molecule has 0 radical (unpaired) electrons. The van der Waals surface area contributed by atoms with Crippen LogP contribution in [0.2, 0.25) is 0 Å². The minimum absolute atomic E-state index is 0.154. The van der Waals surface area contributed by atoms with Crippen LogP contribution in [0, 0.1) is 0 Å². The smallest absolute Gasteiger partial charge is 0.0846 e. The van der Waals surface area contributed by atoms with Gasteiger partial charge < -0.3 is 10.1 Å². The maximum Gasteiger partial charge on any atom is 0.0846 e. The molecule has 0 amide bonds. The molecule has 0 saturated carbocycles. The van der Waals surface area contributed by atoms with Crippen molar-refractivity contribution in [2.45, 2.75) is 31.9 Å². The highest BCUT2D eigenvalue weighted by molar-refractivity contribution is 5.31. The largest absolute Gasteiger partial charge is 0.373 e. The van der Waals surface area contributed by atoms with E-state index in [4.69, 9.17) is 4.74 Å². The Hall–Kier alpha value is -1.71. The van der Waals surface area contributed by atoms with Crippen LogP contribution in [0.15, 0.2) is 48.7 Å². The lowest BCUT2D eigenvalue weighted by Crippen LogP contribution is -2.26. The minimum atomic E-state index is 0.154. The van der Waals surface area contributed by atoms with Gasteiger partial charge in [0.1, 0.15) is 0 Å². The summed E-state index contributed by atoms with van der Waals surface area (Å²) >= 11 is 0. The van der Waals surface area contributed by atoms with Crippen LogP contribution >= 0.6 is 0 Å². The fourth-order valence-electron chi connectivity index (χ4n) is 3.02. The zero-order valence-corrected chi connectivity index (χ0v) is 12.5. The summed E-state index contributed by atoms with van der Waals surface area (Å²) in [6, 6.07) is 14.9. The number of ether oxygens (including phenoxy) is 1. The van der Waals surface area contributed by atoms with Crippen LogP contribution in [0.25, 0.3) is 0 Å². The van der Waals surface area contributed by atoms with Crippen LogP contribution in [0.5, 0.6) is 0 Å². The van der Waals surface area contributed by atoms with Crippen molar-refractivity contribution in [3.05, 3.63) is 65.5 Å². The molecule has 1 aliphatic rings. The van der Waals surface area contributed by atoms with Crippen LogP contribution in [-0.2, 0) is 11.2 Å². The van der Waals surface area contributed by atoms with Gasteiger partial charge in [0.05, 0.1) is 24.4 Å². The fourth-order valence-corrected chi connectivity index (χ4v) is 3.02. The lowest BCUT2D eigenvalue weighted by atomic mass is 9.92. The van der Waals surface area contributed by atoms with Crippen molar-refractivity contribution in [2.24, 2.45) is 0 Å². The SMILES string of the molecule is CCNC(CC1OCCc2ccccc21)c1ccccn1. The van der Waals surface area contributed by atoms with Crippen molar-refractivity contribution in [1.29, 1.82) is 0 Å². The van der Waals surface area contributed by atoms with Crippen molar-refractivity contribution in [2.75, 3.05) is 13.2 Å². The molecule has 0 bridgehead atoms. The number of benzene rings is 1. The first-order chi connectivity index (χ1) is 10.4. The summed E-state index contributed by atoms with van der Waals surface area (Å²) in [5.74, 6) is 0. The van der Waals surface area contributed by atoms with Gasteiger partial charge in [-0.1, -0.05) is 37.3 Å². The third kappa shape index (κ3) is 3.31. The van der Waals surface area contributed by atoms with Gasteiger partial charge in [-0.25, -0.2) is 0 Å². The predicted octanol–water partition coefficient (Wildman–Crippen LogP) is 3.44. The van der Waals surface area contributed by atoms with Crippen LogP contribution in [-0.4, -0.2) is 18.1 Å². The Morgan fingerprint density at radius 3 is 2.90 bits per heavy atom. The number of pyridine rings is 1. The van der Waals surface area contributed by atoms with Crippen LogP contribution in [0.4, 0.5) is 0 Å². The van der Waals surface area contributed by atoms with Crippen molar-refractivity contribution in [3.8, 4) is 0 Å². The predicted molar refractivity (Wildman–Crippen MR) is 84.1 cm³/mol. The van der Waals surface area contributed by atoms with Crippen LogP contribution in [0.3, 0.4) is 0 Å². The van der Waals surface area contributed by atoms with E-state index in [0.29, 0.717) is 0 Å². The molecule has 2 unspecified atom stereocenters. The quantitative estimate of drug-likeness (QED) is 0.912. The summed E-state index contributed by atoms with van der Waals surface area (Å²) in [4.78, 5) is 4.50. The molecule has 0 saturated heterocycles. The molecular formula is C18H22N2O. The highest BCUT2D eigenvalue weighted by atomic mass is 16.5. The lowest BCUT2D eigenvalue weighted by Gasteiger charge is -2.29. The molecule has 0 fully saturated rings. The van der Waals surface area contributed by atoms with Gasteiger partial charge in [0.15, 0.2) is 0 Å². The third-order valence-corrected chi connectivity index (χ3v) is 4.04. The average Bonchev–Trinajstić information content (AvgIpc) is 2.55. The first-order valence-electron chi connectivity index (χ1n) is 7.72. The van der Waals surface area contributed by atoms with Gasteiger partial charge in [-0.15, -0.1) is 0 Å². The van der Waals surface area contributed by atoms with Crippen LogP contribution < -0.4 is 5.32 Å². The van der Waals surface area contributed by atoms with Crippen molar-refractivity contribution < 1.29 is 4.74 Å². The molecule has 1 aliphatic heterocycles. The zero-order chi connectivity index (χ0) is 14.5. The van der Waals surface area contributed by atoms with E-state index in [9.17, 15) is 0 Å². The highest BCUT2D eigenvalue weighted by Gasteiger charge is 2.24. The normalized spacial score (nSPS) is 19.0. The Morgan fingerprint density at radius 2 is 2.10 bits per heavy atom. The van der Waals surface area contributed by atoms with Gasteiger partial charge in [0.2, 0.25) is 0 Å². The summed E-state index contributed by atoms with van der Waals surface area (Å²) in [5, 5.41) is 3.53. The van der Waals surface area contributed by atoms with Gasteiger partial charge in [-0.3, -0.25) is 4.98 Å². The summed E-state index contributed by atoms with van der Waals surface area (Å²) in [6.45, 7) is 3.87. The highest BCUT2D eigenvalue weighted by Crippen LogP contribution is 2.33. The summed E-state index contributed by atoms with van der Waals surface area (Å²) in [7, 11) is 0. The minimum Gasteiger partial charge on any atom is -0.373 e. The number of rotatable bonds is 5. The molecule has 3 nitrogen and oxygen atoms in total. The second-order valence-corrected chi connectivity index (χ2v) is 5.41. The zero-order valence-electron chi connectivity index (χ0n) is 12.5. The Kier molecular flexibility index (Phi) is 4.63. The fraction of sp³-hybridized carbons (Fsp3) is 0.389. The standard InChI is InChI=1S/C18H22N2O/c1-2-19-17(16-9-5-6-11-20-16)13-18-15-8-4-3-7-14(15)10-12-21-18/h3-9,11,17-19H,2,10,12-13H2,1H3. The average molecular weight is 282 g/mol. The Bertz CT molecular complexity index is 570. The first-order valence-corrected chi connectivity index (χ1v) is 7.72. The van der Waals surface area contributed by atoms with Gasteiger partial charge in [0, 0.05) is 6.20 Å². The second-order valence-electron chi connectivity index (χ2n) is 5.41. The molecule has 110 valence electrons. The molecule has 3 rings (SSSR count). The van der Waals surface area contributed by atoms with Crippen molar-refractivity contribution in [3.63, 3.8) is 0 Å². The van der Waals surface area contributed by atoms with E-state index < -0.39 is 0 Å². The molecule has 2 aromatic rings. The third-order valence-electron chi connectivity index (χ3n) is 4.04. The van der Waals surface area contributed by atoms with Gasteiger partial charge >= 0.3 is 0 Å². The van der Waals surface area contributed by atoms with E-state index in [-0.39, 0.29) is 12.1 Å². The van der Waals surface area contributed by atoms with Gasteiger partial charge in [-0.2, -0.15) is 0 Å². The van der Waals surface area contributed by atoms with E-state index in [1.54, 1.807) is 0 Å². The molecule has 21 heavy (non-hydrogen) atoms. The van der Waals surface area contributed by atoms with Gasteiger partial charge in [-0.05, 0) is 42.6 Å². The van der Waals surface area contributed by atoms with Crippen LogP contribution in [0.1, 0.15) is 42.3 Å². The maximum absolute atomic E-state index is 6.03. The molecule has 1 aromatic carbocycles. The molecule has 2 heterocycles. The monoisotopic (exact) mass is 282 g/mol. The maximum atomic E-state index is 6.03. The number of hydrogen-bond acceptors (Lipinski definition) is 3. The number of aromatic nitrogens is 1. The summed E-state index contributed by atoms with van der Waals surface area (Å²) < 4.78 is 6.03.